The van der Waals surface area contributed by atoms with E-state index in [1.54, 1.807) is 19.2 Å². The van der Waals surface area contributed by atoms with Crippen molar-refractivity contribution in [3.05, 3.63) is 22.7 Å². The van der Waals surface area contributed by atoms with E-state index in [1.165, 1.54) is 6.07 Å². The Morgan fingerprint density at radius 3 is 2.68 bits per heavy atom. The van der Waals surface area contributed by atoms with Crippen LogP contribution >= 0.6 is 15.9 Å². The third kappa shape index (κ3) is 5.48. The van der Waals surface area contributed by atoms with Crippen molar-refractivity contribution < 1.29 is 13.2 Å². The molecule has 0 spiro atoms. The molecule has 0 saturated heterocycles. The summed E-state index contributed by atoms with van der Waals surface area (Å²) in [5.41, 5.74) is 5.95. The minimum atomic E-state index is -3.53. The Hall–Kier alpha value is -0.630. The molecule has 0 aliphatic heterocycles. The van der Waals surface area contributed by atoms with Crippen LogP contribution in [0, 0.1) is 0 Å². The molecule has 5 nitrogen and oxygen atoms in total. The number of hydrogen-bond donors (Lipinski definition) is 2. The zero-order valence-electron chi connectivity index (χ0n) is 10.9. The third-order valence-corrected chi connectivity index (χ3v) is 4.61. The number of halogens is 1. The van der Waals surface area contributed by atoms with Crippen LogP contribution in [-0.4, -0.2) is 28.7 Å². The molecular formula is C12H19BrN2O3S. The van der Waals surface area contributed by atoms with Crippen LogP contribution in [0.15, 0.2) is 27.6 Å². The molecule has 0 bridgehead atoms. The van der Waals surface area contributed by atoms with Crippen molar-refractivity contribution in [2.45, 2.75) is 24.2 Å². The van der Waals surface area contributed by atoms with Crippen molar-refractivity contribution in [2.75, 3.05) is 26.0 Å². The molecule has 1 aromatic rings. The van der Waals surface area contributed by atoms with Crippen molar-refractivity contribution in [1.82, 2.24) is 4.72 Å². The lowest BCUT2D eigenvalue weighted by Gasteiger charge is -2.09. The molecule has 0 aromatic heterocycles. The average Bonchev–Trinajstić information content (AvgIpc) is 2.33. The third-order valence-electron chi connectivity index (χ3n) is 2.58. The fraction of sp³-hybridized carbons (Fsp3) is 0.500. The standard InChI is InChI=1S/C12H19BrN2O3S/c1-18-8-4-2-3-7-15-19(16,17)12-6-5-10(13)9-11(12)14/h5-6,9,15H,2-4,7-8,14H2,1H3. The Kier molecular flexibility index (Phi) is 6.78. The van der Waals surface area contributed by atoms with Gasteiger partial charge in [-0.15, -0.1) is 0 Å². The molecule has 0 fully saturated rings. The van der Waals surface area contributed by atoms with Gasteiger partial charge in [0.1, 0.15) is 4.90 Å². The maximum absolute atomic E-state index is 12.0. The highest BCUT2D eigenvalue weighted by Gasteiger charge is 2.16. The Bertz CT molecular complexity index is 506. The number of anilines is 1. The smallest absolute Gasteiger partial charge is 0.242 e. The van der Waals surface area contributed by atoms with Crippen LogP contribution in [0.5, 0.6) is 0 Å². The summed E-state index contributed by atoms with van der Waals surface area (Å²) in [4.78, 5) is 0.118. The summed E-state index contributed by atoms with van der Waals surface area (Å²) in [5, 5.41) is 0. The largest absolute Gasteiger partial charge is 0.398 e. The molecule has 1 rings (SSSR count). The SMILES string of the molecule is COCCCCCNS(=O)(=O)c1ccc(Br)cc1N. The van der Waals surface area contributed by atoms with Crippen LogP contribution in [0.2, 0.25) is 0 Å². The topological polar surface area (TPSA) is 81.4 Å². The van der Waals surface area contributed by atoms with Crippen molar-refractivity contribution in [1.29, 1.82) is 0 Å². The van der Waals surface area contributed by atoms with Crippen LogP contribution < -0.4 is 10.5 Å². The highest BCUT2D eigenvalue weighted by Crippen LogP contribution is 2.22. The predicted octanol–water partition coefficient (Wildman–Crippen LogP) is 2.13. The summed E-state index contributed by atoms with van der Waals surface area (Å²) in [6.45, 7) is 1.11. The molecule has 0 amide bonds. The van der Waals surface area contributed by atoms with Gasteiger partial charge in [-0.2, -0.15) is 0 Å². The fourth-order valence-corrected chi connectivity index (χ4v) is 3.16. The molecule has 0 unspecified atom stereocenters. The number of methoxy groups -OCH3 is 1. The van der Waals surface area contributed by atoms with Crippen LogP contribution in [0.25, 0.3) is 0 Å². The number of benzene rings is 1. The van der Waals surface area contributed by atoms with Gasteiger partial charge in [0.25, 0.3) is 0 Å². The number of unbranched alkanes of at least 4 members (excludes halogenated alkanes) is 2. The minimum Gasteiger partial charge on any atom is -0.398 e. The molecule has 0 aliphatic carbocycles. The van der Waals surface area contributed by atoms with E-state index in [1.807, 2.05) is 0 Å². The lowest BCUT2D eigenvalue weighted by Crippen LogP contribution is -2.25. The predicted molar refractivity (Wildman–Crippen MR) is 79.5 cm³/mol. The highest BCUT2D eigenvalue weighted by atomic mass is 79.9. The van der Waals surface area contributed by atoms with E-state index < -0.39 is 10.0 Å². The van der Waals surface area contributed by atoms with E-state index in [0.717, 1.165) is 23.7 Å². The Labute approximate surface area is 122 Å². The minimum absolute atomic E-state index is 0.118. The number of nitrogen functional groups attached to an aromatic ring is 1. The van der Waals surface area contributed by atoms with E-state index in [2.05, 4.69) is 20.7 Å². The second kappa shape index (κ2) is 7.84. The van der Waals surface area contributed by atoms with Gasteiger partial charge < -0.3 is 10.5 Å². The maximum Gasteiger partial charge on any atom is 0.242 e. The molecule has 7 heteroatoms. The summed E-state index contributed by atoms with van der Waals surface area (Å²) < 4.78 is 32.3. The summed E-state index contributed by atoms with van der Waals surface area (Å²) >= 11 is 3.24. The van der Waals surface area contributed by atoms with Crippen molar-refractivity contribution >= 4 is 31.6 Å². The Balaban J connectivity index is 2.52. The number of ether oxygens (including phenoxy) is 1. The summed E-state index contributed by atoms with van der Waals surface area (Å²) in [7, 11) is -1.88. The van der Waals surface area contributed by atoms with Crippen LogP contribution in [0.3, 0.4) is 0 Å². The number of rotatable bonds is 8. The van der Waals surface area contributed by atoms with Crippen LogP contribution in [-0.2, 0) is 14.8 Å². The van der Waals surface area contributed by atoms with Crippen molar-refractivity contribution in [3.8, 4) is 0 Å². The molecular weight excluding hydrogens is 332 g/mol. The zero-order chi connectivity index (χ0) is 14.3. The second-order valence-corrected chi connectivity index (χ2v) is 6.78. The first kappa shape index (κ1) is 16.4. The number of sulfonamides is 1. The first-order valence-electron chi connectivity index (χ1n) is 6.01. The summed E-state index contributed by atoms with van der Waals surface area (Å²) in [5.74, 6) is 0. The number of hydrogen-bond acceptors (Lipinski definition) is 4. The van der Waals surface area contributed by atoms with E-state index in [-0.39, 0.29) is 10.6 Å². The molecule has 3 N–H and O–H groups in total. The normalized spacial score (nSPS) is 11.7. The molecule has 0 heterocycles. The van der Waals surface area contributed by atoms with Gasteiger partial charge in [0.15, 0.2) is 0 Å². The number of nitrogens with one attached hydrogen (secondary N) is 1. The molecule has 19 heavy (non-hydrogen) atoms. The lowest BCUT2D eigenvalue weighted by atomic mass is 10.2. The Morgan fingerprint density at radius 2 is 2.05 bits per heavy atom. The molecule has 108 valence electrons. The molecule has 0 radical (unpaired) electrons. The molecule has 0 atom stereocenters. The van der Waals surface area contributed by atoms with Crippen molar-refractivity contribution in [2.24, 2.45) is 0 Å². The molecule has 1 aromatic carbocycles. The van der Waals surface area contributed by atoms with E-state index in [0.29, 0.717) is 13.2 Å². The van der Waals surface area contributed by atoms with Crippen molar-refractivity contribution in [3.63, 3.8) is 0 Å². The average molecular weight is 351 g/mol. The van der Waals surface area contributed by atoms with Gasteiger partial charge >= 0.3 is 0 Å². The van der Waals surface area contributed by atoms with E-state index in [9.17, 15) is 8.42 Å². The zero-order valence-corrected chi connectivity index (χ0v) is 13.3. The molecule has 0 aliphatic rings. The van der Waals surface area contributed by atoms with E-state index >= 15 is 0 Å². The van der Waals surface area contributed by atoms with Gasteiger partial charge in [0.05, 0.1) is 5.69 Å². The molecule has 0 saturated carbocycles. The van der Waals surface area contributed by atoms with Gasteiger partial charge in [-0.3, -0.25) is 0 Å². The van der Waals surface area contributed by atoms with Gasteiger partial charge in [-0.1, -0.05) is 15.9 Å². The first-order chi connectivity index (χ1) is 8.97. The number of nitrogens with two attached hydrogens (primary N) is 1. The van der Waals surface area contributed by atoms with Gasteiger partial charge in [0.2, 0.25) is 10.0 Å². The lowest BCUT2D eigenvalue weighted by molar-refractivity contribution is 0.192. The van der Waals surface area contributed by atoms with Gasteiger partial charge in [-0.05, 0) is 37.5 Å². The maximum atomic E-state index is 12.0. The van der Waals surface area contributed by atoms with E-state index in [4.69, 9.17) is 10.5 Å². The fourth-order valence-electron chi connectivity index (χ4n) is 1.60. The summed E-state index contributed by atoms with van der Waals surface area (Å²) in [6, 6.07) is 4.73. The van der Waals surface area contributed by atoms with Crippen LogP contribution in [0.1, 0.15) is 19.3 Å². The van der Waals surface area contributed by atoms with Crippen LogP contribution in [0.4, 0.5) is 5.69 Å². The second-order valence-electron chi connectivity index (χ2n) is 4.13. The monoisotopic (exact) mass is 350 g/mol. The Morgan fingerprint density at radius 1 is 1.32 bits per heavy atom. The first-order valence-corrected chi connectivity index (χ1v) is 8.28. The van der Waals surface area contributed by atoms with Gasteiger partial charge in [0, 0.05) is 24.7 Å². The quantitative estimate of drug-likeness (QED) is 0.555. The van der Waals surface area contributed by atoms with Gasteiger partial charge in [-0.25, -0.2) is 13.1 Å². The summed E-state index contributed by atoms with van der Waals surface area (Å²) in [6.07, 6.45) is 2.63. The highest BCUT2D eigenvalue weighted by molar-refractivity contribution is 9.10.